The van der Waals surface area contributed by atoms with Crippen molar-refractivity contribution in [2.24, 2.45) is 0 Å². The van der Waals surface area contributed by atoms with Crippen LogP contribution < -0.4 is 10.6 Å². The molecule has 3 fully saturated rings. The minimum Gasteiger partial charge on any atom is -0.445 e. The Balaban J connectivity index is 1.23. The van der Waals surface area contributed by atoms with Gasteiger partial charge in [0.2, 0.25) is 12.2 Å². The summed E-state index contributed by atoms with van der Waals surface area (Å²) >= 11 is 0. The molecule has 0 radical (unpaired) electrons. The molecule has 0 aromatic heterocycles. The highest BCUT2D eigenvalue weighted by atomic mass is 16.8. The molecule has 2 N–H and O–H groups in total. The zero-order chi connectivity index (χ0) is 28.4. The van der Waals surface area contributed by atoms with Crippen molar-refractivity contribution >= 4 is 18.0 Å². The van der Waals surface area contributed by atoms with Crippen LogP contribution in [0.15, 0.2) is 30.3 Å². The molecule has 0 aliphatic carbocycles. The fraction of sp³-hybridized carbons (Fsp3) is 0.667. The molecule has 7 atom stereocenters. The van der Waals surface area contributed by atoms with Crippen LogP contribution >= 0.6 is 0 Å². The summed E-state index contributed by atoms with van der Waals surface area (Å²) in [4.78, 5) is 37.3. The average Bonchev–Trinajstić information content (AvgIpc) is 3.48. The van der Waals surface area contributed by atoms with Crippen molar-refractivity contribution in [3.8, 4) is 0 Å². The zero-order valence-corrected chi connectivity index (χ0v) is 23.1. The Bertz CT molecular complexity index is 1030. The van der Waals surface area contributed by atoms with E-state index >= 15 is 0 Å². The van der Waals surface area contributed by atoms with Gasteiger partial charge in [0, 0.05) is 6.04 Å². The van der Waals surface area contributed by atoms with Crippen molar-refractivity contribution in [1.82, 2.24) is 10.6 Å². The summed E-state index contributed by atoms with van der Waals surface area (Å²) in [6, 6.07) is 7.73. The Morgan fingerprint density at radius 2 is 1.64 bits per heavy atom. The van der Waals surface area contributed by atoms with Gasteiger partial charge in [0.15, 0.2) is 17.7 Å². The van der Waals surface area contributed by atoms with E-state index in [9.17, 15) is 14.4 Å². The summed E-state index contributed by atoms with van der Waals surface area (Å²) in [5.74, 6) is -2.71. The van der Waals surface area contributed by atoms with E-state index in [1.807, 2.05) is 44.2 Å². The number of rotatable bonds is 9. The molecule has 4 rings (SSSR count). The second kappa shape index (κ2) is 11.8. The van der Waals surface area contributed by atoms with E-state index in [1.165, 1.54) is 6.92 Å². The number of alkyl carbamates (subject to hydrolysis) is 1. The van der Waals surface area contributed by atoms with Crippen LogP contribution in [0.5, 0.6) is 0 Å². The molecular formula is C27H38N2O10. The fourth-order valence-electron chi connectivity index (χ4n) is 4.72. The van der Waals surface area contributed by atoms with Gasteiger partial charge in [0.1, 0.15) is 31.0 Å². The van der Waals surface area contributed by atoms with Gasteiger partial charge in [-0.05, 0) is 47.1 Å². The predicted octanol–water partition coefficient (Wildman–Crippen LogP) is 2.14. The molecule has 1 aromatic rings. The summed E-state index contributed by atoms with van der Waals surface area (Å²) in [6.45, 7) is 10.7. The van der Waals surface area contributed by atoms with Gasteiger partial charge in [-0.3, -0.25) is 9.59 Å². The molecule has 12 heteroatoms. The highest BCUT2D eigenvalue weighted by Gasteiger charge is 2.60. The van der Waals surface area contributed by atoms with Crippen molar-refractivity contribution in [2.45, 2.75) is 109 Å². The first-order chi connectivity index (χ1) is 18.3. The molecule has 0 saturated carbocycles. The van der Waals surface area contributed by atoms with Crippen LogP contribution in [0.4, 0.5) is 4.79 Å². The number of amides is 2. The summed E-state index contributed by atoms with van der Waals surface area (Å²) < 4.78 is 40.4. The molecule has 2 amide bonds. The molecule has 3 saturated heterocycles. The van der Waals surface area contributed by atoms with E-state index < -0.39 is 72.3 Å². The Labute approximate surface area is 227 Å². The van der Waals surface area contributed by atoms with Crippen LogP contribution in [0.3, 0.4) is 0 Å². The predicted molar refractivity (Wildman–Crippen MR) is 135 cm³/mol. The Morgan fingerprint density at radius 1 is 0.949 bits per heavy atom. The minimum absolute atomic E-state index is 0.0821. The standard InChI is InChI=1S/C27H38N2O10/c1-15(28-23(31)16(2)29-25(32)33-13-17-10-8-7-9-11-17)12-19(30)35-24-22-21(38-27(5,6)39-22)20(36-24)18-14-34-26(3,4)37-18/h7-11,15-16,18,20-22,24H,12-14H2,1-6H3,(H,28,31)(H,29,32)/t15-,16-,18+,20+,21-,22-,24-/m0/s1. The topological polar surface area (TPSA) is 140 Å². The number of ether oxygens (including phenoxy) is 7. The molecule has 39 heavy (non-hydrogen) atoms. The van der Waals surface area contributed by atoms with E-state index in [0.717, 1.165) is 5.56 Å². The van der Waals surface area contributed by atoms with Crippen LogP contribution in [-0.4, -0.2) is 78.9 Å². The quantitative estimate of drug-likeness (QED) is 0.440. The average molecular weight is 551 g/mol. The number of hydrogen-bond donors (Lipinski definition) is 2. The Kier molecular flexibility index (Phi) is 8.82. The lowest BCUT2D eigenvalue weighted by Crippen LogP contribution is -2.48. The van der Waals surface area contributed by atoms with Crippen LogP contribution in [-0.2, 0) is 49.4 Å². The first-order valence-corrected chi connectivity index (χ1v) is 13.1. The lowest BCUT2D eigenvalue weighted by molar-refractivity contribution is -0.244. The van der Waals surface area contributed by atoms with Gasteiger partial charge in [0.25, 0.3) is 0 Å². The minimum atomic E-state index is -1.01. The largest absolute Gasteiger partial charge is 0.445 e. The Morgan fingerprint density at radius 3 is 2.31 bits per heavy atom. The molecule has 3 heterocycles. The van der Waals surface area contributed by atoms with E-state index in [-0.39, 0.29) is 13.0 Å². The van der Waals surface area contributed by atoms with Crippen LogP contribution in [0.25, 0.3) is 0 Å². The molecular weight excluding hydrogens is 512 g/mol. The zero-order valence-electron chi connectivity index (χ0n) is 23.1. The van der Waals surface area contributed by atoms with Crippen LogP contribution in [0, 0.1) is 0 Å². The summed E-state index contributed by atoms with van der Waals surface area (Å²) in [5, 5.41) is 5.17. The summed E-state index contributed by atoms with van der Waals surface area (Å²) in [5.41, 5.74) is 0.826. The van der Waals surface area contributed by atoms with Gasteiger partial charge < -0.3 is 43.8 Å². The first kappa shape index (κ1) is 29.2. The smallest absolute Gasteiger partial charge is 0.408 e. The van der Waals surface area contributed by atoms with Gasteiger partial charge in [-0.25, -0.2) is 4.79 Å². The molecule has 0 unspecified atom stereocenters. The second-order valence-corrected chi connectivity index (χ2v) is 10.9. The maximum Gasteiger partial charge on any atom is 0.408 e. The number of hydrogen-bond acceptors (Lipinski definition) is 10. The van der Waals surface area contributed by atoms with Crippen LogP contribution in [0.1, 0.15) is 53.5 Å². The number of esters is 1. The lowest BCUT2D eigenvalue weighted by Gasteiger charge is -2.27. The van der Waals surface area contributed by atoms with E-state index in [0.29, 0.717) is 6.61 Å². The second-order valence-electron chi connectivity index (χ2n) is 10.9. The third-order valence-electron chi connectivity index (χ3n) is 6.49. The van der Waals surface area contributed by atoms with Gasteiger partial charge in [-0.2, -0.15) is 0 Å². The highest BCUT2D eigenvalue weighted by molar-refractivity contribution is 5.85. The van der Waals surface area contributed by atoms with Gasteiger partial charge in [-0.1, -0.05) is 30.3 Å². The third-order valence-corrected chi connectivity index (χ3v) is 6.49. The SMILES string of the molecule is C[C@H](NC(=O)OCc1ccccc1)C(=O)N[C@@H](C)CC(=O)O[C@H]1O[C@H]([C@H]2COC(C)(C)O2)[C@@H]2OC(C)(C)O[C@H]12. The number of benzene rings is 1. The van der Waals surface area contributed by atoms with Crippen molar-refractivity contribution in [1.29, 1.82) is 0 Å². The van der Waals surface area contributed by atoms with E-state index in [1.54, 1.807) is 20.8 Å². The number of carbonyl (C=O) groups is 3. The number of fused-ring (bicyclic) bond motifs is 1. The molecule has 216 valence electrons. The van der Waals surface area contributed by atoms with Crippen molar-refractivity contribution in [3.63, 3.8) is 0 Å². The van der Waals surface area contributed by atoms with Crippen molar-refractivity contribution < 1.29 is 47.5 Å². The van der Waals surface area contributed by atoms with Crippen LogP contribution in [0.2, 0.25) is 0 Å². The van der Waals surface area contributed by atoms with Gasteiger partial charge in [-0.15, -0.1) is 0 Å². The monoisotopic (exact) mass is 550 g/mol. The number of carbonyl (C=O) groups excluding carboxylic acids is 3. The van der Waals surface area contributed by atoms with Gasteiger partial charge >= 0.3 is 12.1 Å². The normalized spacial score (nSPS) is 30.2. The maximum atomic E-state index is 12.7. The summed E-state index contributed by atoms with van der Waals surface area (Å²) in [7, 11) is 0. The molecule has 12 nitrogen and oxygen atoms in total. The maximum absolute atomic E-state index is 12.7. The third kappa shape index (κ3) is 7.67. The molecule has 1 aromatic carbocycles. The molecule has 3 aliphatic rings. The van der Waals surface area contributed by atoms with Crippen molar-refractivity contribution in [2.75, 3.05) is 6.61 Å². The summed E-state index contributed by atoms with van der Waals surface area (Å²) in [6.07, 6.45) is -3.98. The van der Waals surface area contributed by atoms with E-state index in [4.69, 9.17) is 33.2 Å². The molecule has 3 aliphatic heterocycles. The highest BCUT2D eigenvalue weighted by Crippen LogP contribution is 2.42. The first-order valence-electron chi connectivity index (χ1n) is 13.1. The fourth-order valence-corrected chi connectivity index (χ4v) is 4.72. The van der Waals surface area contributed by atoms with E-state index in [2.05, 4.69) is 10.6 Å². The lowest BCUT2D eigenvalue weighted by atomic mass is 10.1. The number of nitrogens with one attached hydrogen (secondary N) is 2. The van der Waals surface area contributed by atoms with Gasteiger partial charge in [0.05, 0.1) is 13.0 Å². The van der Waals surface area contributed by atoms with Crippen molar-refractivity contribution in [3.05, 3.63) is 35.9 Å². The Hall–Kier alpha value is -2.77. The molecule has 0 spiro atoms. The molecule has 0 bridgehead atoms.